The van der Waals surface area contributed by atoms with Gasteiger partial charge in [0.2, 0.25) is 0 Å². The van der Waals surface area contributed by atoms with Crippen LogP contribution in [0.5, 0.6) is 0 Å². The highest BCUT2D eigenvalue weighted by molar-refractivity contribution is 7.13. The molecule has 0 spiro atoms. The number of nitrogens with zero attached hydrogens (tertiary/aromatic N) is 1. The maximum absolute atomic E-state index is 4.46. The van der Waals surface area contributed by atoms with E-state index in [1.54, 1.807) is 11.3 Å². The van der Waals surface area contributed by atoms with E-state index >= 15 is 0 Å². The lowest BCUT2D eigenvalue weighted by atomic mass is 9.80. The van der Waals surface area contributed by atoms with Crippen molar-refractivity contribution in [3.63, 3.8) is 0 Å². The van der Waals surface area contributed by atoms with E-state index in [4.69, 9.17) is 0 Å². The van der Waals surface area contributed by atoms with Crippen molar-refractivity contribution in [2.24, 2.45) is 11.8 Å². The summed E-state index contributed by atoms with van der Waals surface area (Å²) >= 11 is 1.72. The molecule has 1 fully saturated rings. The molecule has 0 aliphatic heterocycles. The topological polar surface area (TPSA) is 24.9 Å². The minimum atomic E-state index is 0.634. The van der Waals surface area contributed by atoms with Gasteiger partial charge in [-0.1, -0.05) is 13.8 Å². The Morgan fingerprint density at radius 3 is 2.47 bits per heavy atom. The highest BCUT2D eigenvalue weighted by atomic mass is 32.1. The van der Waals surface area contributed by atoms with Gasteiger partial charge in [0.1, 0.15) is 0 Å². The number of aryl methyl sites for hydroxylation is 1. The zero-order valence-corrected chi connectivity index (χ0v) is 10.6. The highest BCUT2D eigenvalue weighted by Crippen LogP contribution is 2.30. The Labute approximate surface area is 96.1 Å². The molecule has 0 bridgehead atoms. The molecule has 0 radical (unpaired) electrons. The Balaban J connectivity index is 1.94. The molecule has 1 aromatic rings. The molecule has 0 saturated heterocycles. The summed E-state index contributed by atoms with van der Waals surface area (Å²) in [6, 6.07) is 0.634. The predicted octanol–water partition coefficient (Wildman–Crippen LogP) is 3.69. The highest BCUT2D eigenvalue weighted by Gasteiger charge is 2.24. The van der Waals surface area contributed by atoms with E-state index in [1.807, 2.05) is 6.92 Å². The van der Waals surface area contributed by atoms with Gasteiger partial charge in [-0.2, -0.15) is 0 Å². The molecule has 84 valence electrons. The Kier molecular flexibility index (Phi) is 3.29. The zero-order valence-electron chi connectivity index (χ0n) is 9.79. The van der Waals surface area contributed by atoms with E-state index in [0.29, 0.717) is 6.04 Å². The van der Waals surface area contributed by atoms with Gasteiger partial charge in [0.25, 0.3) is 0 Å². The molecule has 1 aliphatic rings. The Hall–Kier alpha value is -0.570. The third kappa shape index (κ3) is 2.94. The van der Waals surface area contributed by atoms with Crippen LogP contribution >= 0.6 is 11.3 Å². The second-order valence-electron chi connectivity index (χ2n) is 5.05. The minimum absolute atomic E-state index is 0.634. The molecule has 1 heterocycles. The van der Waals surface area contributed by atoms with Crippen LogP contribution in [0, 0.1) is 18.8 Å². The zero-order chi connectivity index (χ0) is 10.8. The van der Waals surface area contributed by atoms with Crippen molar-refractivity contribution in [1.29, 1.82) is 0 Å². The van der Waals surface area contributed by atoms with E-state index in [1.165, 1.54) is 19.3 Å². The van der Waals surface area contributed by atoms with Crippen molar-refractivity contribution >= 4 is 16.5 Å². The molecule has 0 amide bonds. The quantitative estimate of drug-likeness (QED) is 0.828. The Bertz CT molecular complexity index is 311. The Morgan fingerprint density at radius 2 is 1.93 bits per heavy atom. The number of anilines is 1. The second kappa shape index (κ2) is 4.52. The predicted molar refractivity (Wildman–Crippen MR) is 66.4 cm³/mol. The summed E-state index contributed by atoms with van der Waals surface area (Å²) in [6.07, 6.45) is 3.97. The van der Waals surface area contributed by atoms with Crippen LogP contribution in [0.25, 0.3) is 0 Å². The van der Waals surface area contributed by atoms with Gasteiger partial charge in [-0.25, -0.2) is 4.98 Å². The first-order chi connectivity index (χ1) is 7.13. The van der Waals surface area contributed by atoms with E-state index in [-0.39, 0.29) is 0 Å². The lowest BCUT2D eigenvalue weighted by Gasteiger charge is -2.31. The number of hydrogen-bond donors (Lipinski definition) is 1. The standard InChI is InChI=1S/C12H20N2S/c1-8-4-9(2)6-11(5-8)14-12-13-10(3)7-15-12/h7-9,11H,4-6H2,1-3H3,(H,13,14). The number of nitrogens with one attached hydrogen (secondary N) is 1. The fourth-order valence-corrected chi connectivity index (χ4v) is 3.43. The number of hydrogen-bond acceptors (Lipinski definition) is 3. The van der Waals surface area contributed by atoms with Crippen LogP contribution in [0.4, 0.5) is 5.13 Å². The van der Waals surface area contributed by atoms with Gasteiger partial charge in [-0.05, 0) is 38.0 Å². The third-order valence-corrected chi connectivity index (χ3v) is 4.02. The largest absolute Gasteiger partial charge is 0.359 e. The third-order valence-electron chi connectivity index (χ3n) is 3.13. The van der Waals surface area contributed by atoms with Gasteiger partial charge < -0.3 is 5.32 Å². The first-order valence-corrected chi connectivity index (χ1v) is 6.70. The van der Waals surface area contributed by atoms with Gasteiger partial charge in [0.15, 0.2) is 5.13 Å². The number of aromatic nitrogens is 1. The van der Waals surface area contributed by atoms with Crippen LogP contribution in [0.3, 0.4) is 0 Å². The summed E-state index contributed by atoms with van der Waals surface area (Å²) < 4.78 is 0. The van der Waals surface area contributed by atoms with E-state index in [0.717, 1.165) is 22.7 Å². The molecule has 2 rings (SSSR count). The van der Waals surface area contributed by atoms with E-state index < -0.39 is 0 Å². The Morgan fingerprint density at radius 1 is 1.27 bits per heavy atom. The maximum atomic E-state index is 4.46. The molecule has 3 heteroatoms. The van der Waals surface area contributed by atoms with Crippen LogP contribution in [-0.2, 0) is 0 Å². The second-order valence-corrected chi connectivity index (χ2v) is 5.91. The first kappa shape index (κ1) is 10.9. The van der Waals surface area contributed by atoms with Crippen molar-refractivity contribution in [2.45, 2.75) is 46.1 Å². The van der Waals surface area contributed by atoms with Gasteiger partial charge in [0.05, 0.1) is 5.69 Å². The van der Waals surface area contributed by atoms with Gasteiger partial charge >= 0.3 is 0 Å². The van der Waals surface area contributed by atoms with E-state index in [9.17, 15) is 0 Å². The van der Waals surface area contributed by atoms with Crippen molar-refractivity contribution < 1.29 is 0 Å². The average molecular weight is 224 g/mol. The summed E-state index contributed by atoms with van der Waals surface area (Å²) in [5.74, 6) is 1.71. The first-order valence-electron chi connectivity index (χ1n) is 5.82. The SMILES string of the molecule is Cc1csc(NC2CC(C)CC(C)C2)n1. The van der Waals surface area contributed by atoms with Crippen molar-refractivity contribution in [2.75, 3.05) is 5.32 Å². The summed E-state index contributed by atoms with van der Waals surface area (Å²) in [5.41, 5.74) is 1.12. The van der Waals surface area contributed by atoms with E-state index in [2.05, 4.69) is 29.5 Å². The summed E-state index contributed by atoms with van der Waals surface area (Å²) in [4.78, 5) is 4.46. The maximum Gasteiger partial charge on any atom is 0.183 e. The molecule has 1 saturated carbocycles. The lowest BCUT2D eigenvalue weighted by Crippen LogP contribution is -2.30. The summed E-state index contributed by atoms with van der Waals surface area (Å²) in [6.45, 7) is 6.77. The van der Waals surface area contributed by atoms with Gasteiger partial charge in [-0.15, -0.1) is 11.3 Å². The average Bonchev–Trinajstić information content (AvgIpc) is 2.49. The van der Waals surface area contributed by atoms with Crippen LogP contribution in [0.2, 0.25) is 0 Å². The van der Waals surface area contributed by atoms with Crippen LogP contribution in [0.15, 0.2) is 5.38 Å². The monoisotopic (exact) mass is 224 g/mol. The van der Waals surface area contributed by atoms with Crippen LogP contribution in [-0.4, -0.2) is 11.0 Å². The van der Waals surface area contributed by atoms with Crippen LogP contribution in [0.1, 0.15) is 38.8 Å². The normalized spacial score (nSPS) is 31.5. The van der Waals surface area contributed by atoms with Gasteiger partial charge in [0, 0.05) is 11.4 Å². The molecule has 2 atom stereocenters. The minimum Gasteiger partial charge on any atom is -0.359 e. The smallest absolute Gasteiger partial charge is 0.183 e. The molecule has 2 nitrogen and oxygen atoms in total. The van der Waals surface area contributed by atoms with Gasteiger partial charge in [-0.3, -0.25) is 0 Å². The summed E-state index contributed by atoms with van der Waals surface area (Å²) in [5, 5.41) is 6.78. The molecule has 0 aromatic carbocycles. The molecule has 1 aromatic heterocycles. The lowest BCUT2D eigenvalue weighted by molar-refractivity contribution is 0.281. The van der Waals surface area contributed by atoms with Crippen molar-refractivity contribution in [1.82, 2.24) is 4.98 Å². The molecule has 15 heavy (non-hydrogen) atoms. The summed E-state index contributed by atoms with van der Waals surface area (Å²) in [7, 11) is 0. The molecular weight excluding hydrogens is 204 g/mol. The molecule has 1 N–H and O–H groups in total. The van der Waals surface area contributed by atoms with Crippen LogP contribution < -0.4 is 5.32 Å². The van der Waals surface area contributed by atoms with Crippen molar-refractivity contribution in [3.8, 4) is 0 Å². The fourth-order valence-electron chi connectivity index (χ4n) is 2.66. The molecular formula is C12H20N2S. The number of thiazole rings is 1. The molecule has 1 aliphatic carbocycles. The number of rotatable bonds is 2. The van der Waals surface area contributed by atoms with Crippen molar-refractivity contribution in [3.05, 3.63) is 11.1 Å². The fraction of sp³-hybridized carbons (Fsp3) is 0.750. The molecule has 2 unspecified atom stereocenters.